The number of hydrogen-bond donors (Lipinski definition) is 2. The number of nitrogens with two attached hydrogens (primary N) is 1. The SMILES string of the molecule is CC[C@@H]1C[C@H](N(Cc2cc(C(F)(F)F)cc(C(F)(F)F)c2)c2ncc(-c3cnn(C)c3)cn2)CN1C(=O)OC(C)(C)C.CC[C@@H]1C[C@H](N(Cc2cc(C(F)(F)F)cc(C(F)(F)F)c2)c2ncc(-c3cnn(C)c3)cn2)CN1C(=O)OC1CCC(C(=O)OC)CC1.CC[C@@H]1C[C@H](N(Cc2cc(C(F)(F)F)cc(C(F)(F)F)c2)c2ncc(-c3cnn(C)c3)cn2)C[NH2+]1.COC(=O)C1CCC(O)CC1.O=C([O-])C(F)(F)F. The summed E-state index contributed by atoms with van der Waals surface area (Å²) >= 11 is 0. The fourth-order valence-corrected chi connectivity index (χ4v) is 17.1. The van der Waals surface area contributed by atoms with Crippen molar-refractivity contribution in [2.75, 3.05) is 48.6 Å². The molecular formula is C93H107F21N18O11. The number of rotatable bonds is 21. The Morgan fingerprint density at radius 1 is 0.413 bits per heavy atom. The summed E-state index contributed by atoms with van der Waals surface area (Å²) in [5.74, 6) is -3.24. The van der Waals surface area contributed by atoms with Gasteiger partial charge in [0.1, 0.15) is 17.7 Å². The fraction of sp³-hybridized carbons (Fsp3) is 0.527. The Labute approximate surface area is 806 Å². The lowest BCUT2D eigenvalue weighted by atomic mass is 9.87. The molecule has 6 aromatic heterocycles. The largest absolute Gasteiger partial charge is 0.542 e. The van der Waals surface area contributed by atoms with E-state index in [9.17, 15) is 111 Å². The van der Waals surface area contributed by atoms with Gasteiger partial charge < -0.3 is 63.8 Å². The van der Waals surface area contributed by atoms with Crippen LogP contribution in [0.4, 0.5) is 120 Å². The first-order valence-corrected chi connectivity index (χ1v) is 45.2. The molecule has 0 bridgehead atoms. The standard InChI is InChI=1S/C32H36F6N6O4.C28H32F6N6O2.C23H24F6N6.C8H14O3.C2HF3O2/c1-4-25-12-26(18-44(25)30(46)48-27-7-5-20(6-8-27)28(45)47-3)43(29-39-13-21(14-40-29)22-15-41-42(2)17-22)16-19-9-23(31(33,34)35)11-24(10-19)32(36,37)38;1-6-22-10-23(16-40(22)25(41)42-26(2,3)4)39(24-35-11-18(12-36-24)19-13-37-38(5)15-19)14-17-7-20(27(29,30)31)9-21(8-17)28(32,33)34;1-3-19-7-20(11-30-19)35(21-31-8-15(9-32-21)16-10-33-34(2)13-16)12-14-4-17(22(24,25)26)6-18(5-14)23(27,28)29;1-11-8(10)6-2-4-7(9)5-3-6;3-2(4,5)1(6)7/h9-11,13-15,17,20,25-27H,4-8,12,16,18H2,1-3H3;7-9,11-13,15,22-23H,6,10,14,16H2,1-5H3;4-6,8-10,13,19-20,30H,3,7,11-12H2,1-2H3;6-7,9H,2-5H2,1H3;(H,6,7)/t20?,25-,26+,27?;22-,23+;19-,20+;;/m111../s1. The van der Waals surface area contributed by atoms with Crippen LogP contribution >= 0.6 is 0 Å². The predicted octanol–water partition coefficient (Wildman–Crippen LogP) is 17.4. The van der Waals surface area contributed by atoms with Gasteiger partial charge in [-0.2, -0.15) is 107 Å². The van der Waals surface area contributed by atoms with E-state index in [4.69, 9.17) is 29.2 Å². The van der Waals surface area contributed by atoms with Crippen LogP contribution in [0.1, 0.15) is 182 Å². The lowest BCUT2D eigenvalue weighted by Gasteiger charge is -2.31. The van der Waals surface area contributed by atoms with E-state index < -0.39 is 119 Å². The number of aryl methyl sites for hydroxylation is 3. The smallest absolute Gasteiger partial charge is 0.430 e. The number of alkyl halides is 21. The molecule has 3 N–H and O–H groups in total. The highest BCUT2D eigenvalue weighted by atomic mass is 19.4. The van der Waals surface area contributed by atoms with Crippen LogP contribution in [0.15, 0.2) is 129 Å². The molecule has 3 saturated heterocycles. The van der Waals surface area contributed by atoms with Gasteiger partial charge in [0, 0.05) is 162 Å². The monoisotopic (exact) mass is 2050 g/mol. The number of hydrogen-bond acceptors (Lipinski definition) is 23. The van der Waals surface area contributed by atoms with Crippen LogP contribution in [0, 0.1) is 11.8 Å². The number of aliphatic hydroxyl groups is 1. The van der Waals surface area contributed by atoms with Crippen molar-refractivity contribution in [2.45, 2.75) is 248 Å². The molecule has 50 heteroatoms. The molecule has 5 fully saturated rings. The third kappa shape index (κ3) is 31.4. The molecule has 9 heterocycles. The minimum atomic E-state index is -5.19. The van der Waals surface area contributed by atoms with E-state index in [2.05, 4.69) is 55.3 Å². The number of carboxylic acids is 1. The van der Waals surface area contributed by atoms with Crippen LogP contribution in [-0.2, 0) is 111 Å². The van der Waals surface area contributed by atoms with Gasteiger partial charge in [-0.3, -0.25) is 23.6 Å². The molecule has 2 aliphatic carbocycles. The zero-order chi connectivity index (χ0) is 106. The van der Waals surface area contributed by atoms with Gasteiger partial charge in [-0.15, -0.1) is 0 Å². The van der Waals surface area contributed by atoms with Crippen molar-refractivity contribution >= 4 is 47.9 Å². The number of aliphatic carboxylic acids is 1. The number of anilines is 3. The molecule has 29 nitrogen and oxygen atoms in total. The highest BCUT2D eigenvalue weighted by Crippen LogP contribution is 2.44. The number of methoxy groups -OCH3 is 2. The second kappa shape index (κ2) is 46.8. The van der Waals surface area contributed by atoms with E-state index in [0.717, 1.165) is 61.8 Å². The second-order valence-corrected chi connectivity index (χ2v) is 36.1. The second-order valence-electron chi connectivity index (χ2n) is 36.1. The summed E-state index contributed by atoms with van der Waals surface area (Å²) in [5.41, 5.74) is -5.50. The molecule has 0 spiro atoms. The average molecular weight is 2050 g/mol. The Morgan fingerprint density at radius 3 is 0.958 bits per heavy atom. The number of likely N-dealkylation sites (tertiary alicyclic amines) is 2. The number of ether oxygens (including phenoxy) is 4. The van der Waals surface area contributed by atoms with Gasteiger partial charge in [0.2, 0.25) is 17.8 Å². The number of halogens is 21. The zero-order valence-corrected chi connectivity index (χ0v) is 79.2. The first kappa shape index (κ1) is 112. The maximum atomic E-state index is 13.7. The van der Waals surface area contributed by atoms with Gasteiger partial charge in [0.25, 0.3) is 0 Å². The summed E-state index contributed by atoms with van der Waals surface area (Å²) in [4.78, 5) is 92.6. The summed E-state index contributed by atoms with van der Waals surface area (Å²) in [6.07, 6.45) is -8.97. The van der Waals surface area contributed by atoms with E-state index in [1.165, 1.54) is 39.0 Å². The van der Waals surface area contributed by atoms with E-state index in [1.54, 1.807) is 130 Å². The van der Waals surface area contributed by atoms with Crippen molar-refractivity contribution in [3.05, 3.63) is 179 Å². The van der Waals surface area contributed by atoms with Gasteiger partial charge in [0.05, 0.1) is 115 Å². The Kier molecular flexibility index (Phi) is 36.8. The summed E-state index contributed by atoms with van der Waals surface area (Å²) in [5, 5.41) is 32.4. The number of carbonyl (C=O) groups excluding carboxylic acids is 5. The summed E-state index contributed by atoms with van der Waals surface area (Å²) in [6.45, 7) is 10.9. The number of aromatic nitrogens is 12. The molecular weight excluding hydrogens is 1940 g/mol. The van der Waals surface area contributed by atoms with Crippen molar-refractivity contribution < 1.29 is 151 Å². The molecule has 143 heavy (non-hydrogen) atoms. The Balaban J connectivity index is 0.000000203. The van der Waals surface area contributed by atoms with Crippen LogP contribution in [0.5, 0.6) is 0 Å². The molecule has 782 valence electrons. The normalized spacial score (nSPS) is 20.1. The summed E-state index contributed by atoms with van der Waals surface area (Å²) < 4.78 is 301. The van der Waals surface area contributed by atoms with E-state index >= 15 is 0 Å². The van der Waals surface area contributed by atoms with Crippen molar-refractivity contribution in [3.8, 4) is 33.4 Å². The Hall–Kier alpha value is -12.7. The quantitative estimate of drug-likeness (QED) is 0.0383. The third-order valence-corrected chi connectivity index (χ3v) is 24.5. The molecule has 0 unspecified atom stereocenters. The van der Waals surface area contributed by atoms with Crippen molar-refractivity contribution in [2.24, 2.45) is 33.0 Å². The number of carboxylic acid groups (broad SMARTS) is 1. The van der Waals surface area contributed by atoms with Gasteiger partial charge in [-0.1, -0.05) is 20.8 Å². The van der Waals surface area contributed by atoms with Crippen molar-refractivity contribution in [3.63, 3.8) is 0 Å². The first-order chi connectivity index (χ1) is 66.7. The van der Waals surface area contributed by atoms with Crippen LogP contribution in [0.25, 0.3) is 33.4 Å². The van der Waals surface area contributed by atoms with Crippen LogP contribution in [-0.4, -0.2) is 198 Å². The molecule has 9 aromatic rings. The fourth-order valence-electron chi connectivity index (χ4n) is 17.1. The zero-order valence-electron chi connectivity index (χ0n) is 79.2. The Morgan fingerprint density at radius 2 is 0.706 bits per heavy atom. The molecule has 0 radical (unpaired) electrons. The molecule has 2 saturated carbocycles. The van der Waals surface area contributed by atoms with Crippen molar-refractivity contribution in [1.82, 2.24) is 69.0 Å². The van der Waals surface area contributed by atoms with Gasteiger partial charge in [0.15, 0.2) is 0 Å². The van der Waals surface area contributed by atoms with E-state index in [0.29, 0.717) is 110 Å². The number of aliphatic hydroxyl groups excluding tert-OH is 1. The topological polar surface area (TPSA) is 329 Å². The number of carbonyl (C=O) groups is 5. The highest BCUT2D eigenvalue weighted by molar-refractivity contribution is 5.74. The number of nitrogens with zero attached hydrogens (tertiary/aromatic N) is 17. The molecule has 2 amide bonds. The average Bonchev–Trinajstić information content (AvgIpc) is 1.75. The number of amides is 2. The van der Waals surface area contributed by atoms with Crippen LogP contribution in [0.3, 0.4) is 0 Å². The molecule has 5 aliphatic rings. The van der Waals surface area contributed by atoms with Gasteiger partial charge >= 0.3 is 67.4 Å². The predicted molar refractivity (Wildman–Crippen MR) is 470 cm³/mol. The van der Waals surface area contributed by atoms with Crippen LogP contribution < -0.4 is 25.1 Å². The number of quaternary nitrogens is 1. The minimum absolute atomic E-state index is 0.0309. The lowest BCUT2D eigenvalue weighted by molar-refractivity contribution is -0.670. The van der Waals surface area contributed by atoms with Crippen LogP contribution in [0.2, 0.25) is 0 Å². The van der Waals surface area contributed by atoms with Gasteiger partial charge in [-0.05, 0) is 176 Å². The maximum Gasteiger partial charge on any atom is 0.430 e. The molecule has 14 rings (SSSR count). The van der Waals surface area contributed by atoms with E-state index in [1.807, 2.05) is 20.8 Å². The molecule has 6 atom stereocenters. The maximum absolute atomic E-state index is 13.7. The van der Waals surface area contributed by atoms with Crippen molar-refractivity contribution in [1.29, 1.82) is 0 Å². The van der Waals surface area contributed by atoms with Gasteiger partial charge in [-0.25, -0.2) is 39.5 Å². The first-order valence-electron chi connectivity index (χ1n) is 45.2. The summed E-state index contributed by atoms with van der Waals surface area (Å²) in [7, 11) is 7.98. The minimum Gasteiger partial charge on any atom is -0.542 e. The molecule has 3 aliphatic heterocycles. The highest BCUT2D eigenvalue weighted by Gasteiger charge is 2.47. The summed E-state index contributed by atoms with van der Waals surface area (Å²) in [6, 6.07) is 3.13. The Bertz CT molecular complexity index is 5620. The number of esters is 2. The molecule has 3 aromatic carbocycles. The lowest BCUT2D eigenvalue weighted by Crippen LogP contribution is -2.87. The van der Waals surface area contributed by atoms with E-state index in [-0.39, 0.29) is 133 Å². The number of benzene rings is 3. The third-order valence-electron chi connectivity index (χ3n) is 24.5.